The van der Waals surface area contributed by atoms with Crippen molar-refractivity contribution in [2.45, 2.75) is 6.54 Å². The Morgan fingerprint density at radius 1 is 1.14 bits per heavy atom. The number of H-pyrrole nitrogens is 1. The highest BCUT2D eigenvalue weighted by molar-refractivity contribution is 6.36. The molecule has 0 unspecified atom stereocenters. The third kappa shape index (κ3) is 2.42. The molecule has 3 aromatic rings. The van der Waals surface area contributed by atoms with Crippen molar-refractivity contribution in [2.75, 3.05) is 0 Å². The zero-order valence-corrected chi connectivity index (χ0v) is 12.4. The Hall–Kier alpha value is -1.88. The molecule has 4 nitrogen and oxygen atoms in total. The van der Waals surface area contributed by atoms with Crippen LogP contribution in [0.3, 0.4) is 0 Å². The summed E-state index contributed by atoms with van der Waals surface area (Å²) in [5, 5.41) is 8.35. The van der Waals surface area contributed by atoms with Crippen LogP contribution in [0.2, 0.25) is 10.0 Å². The molecule has 1 heterocycles. The van der Waals surface area contributed by atoms with Crippen LogP contribution in [-0.4, -0.2) is 10.2 Å². The van der Waals surface area contributed by atoms with Gasteiger partial charge in [-0.1, -0.05) is 35.3 Å². The topological polar surface area (TPSA) is 71.8 Å². The predicted octanol–water partition coefficient (Wildman–Crippen LogP) is 3.36. The summed E-state index contributed by atoms with van der Waals surface area (Å²) >= 11 is 12.2. The van der Waals surface area contributed by atoms with Crippen molar-refractivity contribution in [3.05, 3.63) is 62.4 Å². The smallest absolute Gasteiger partial charge is 0.207 e. The molecule has 3 N–H and O–H groups in total. The van der Waals surface area contributed by atoms with Gasteiger partial charge in [0.25, 0.3) is 0 Å². The highest BCUT2D eigenvalue weighted by Gasteiger charge is 2.13. The van der Waals surface area contributed by atoms with Crippen LogP contribution in [-0.2, 0) is 6.54 Å². The highest BCUT2D eigenvalue weighted by atomic mass is 35.5. The van der Waals surface area contributed by atoms with Crippen molar-refractivity contribution >= 4 is 34.1 Å². The van der Waals surface area contributed by atoms with Crippen molar-refractivity contribution in [3.63, 3.8) is 0 Å². The van der Waals surface area contributed by atoms with Gasteiger partial charge in [-0.25, -0.2) is 0 Å². The van der Waals surface area contributed by atoms with E-state index in [1.807, 2.05) is 12.1 Å². The van der Waals surface area contributed by atoms with Crippen LogP contribution in [0.1, 0.15) is 5.56 Å². The molecule has 0 fully saturated rings. The number of benzene rings is 2. The second-order valence-corrected chi connectivity index (χ2v) is 5.42. The second kappa shape index (κ2) is 5.48. The molecule has 2 aromatic carbocycles. The summed E-state index contributed by atoms with van der Waals surface area (Å²) in [5.74, 6) is 0. The molecule has 0 saturated heterocycles. The van der Waals surface area contributed by atoms with E-state index in [1.54, 1.807) is 18.2 Å². The van der Waals surface area contributed by atoms with E-state index < -0.39 is 0 Å². The van der Waals surface area contributed by atoms with Crippen molar-refractivity contribution in [3.8, 4) is 11.1 Å². The molecule has 3 rings (SSSR count). The maximum absolute atomic E-state index is 11.8. The molecule has 1 aromatic heterocycles. The van der Waals surface area contributed by atoms with Gasteiger partial charge in [0.05, 0.1) is 11.7 Å². The summed E-state index contributed by atoms with van der Waals surface area (Å²) in [5.41, 5.74) is 8.82. The molecule has 0 radical (unpaired) electrons. The molecule has 0 bridgehead atoms. The fourth-order valence-electron chi connectivity index (χ4n) is 2.38. The van der Waals surface area contributed by atoms with Crippen molar-refractivity contribution < 1.29 is 0 Å². The van der Waals surface area contributed by atoms with E-state index >= 15 is 0 Å². The van der Waals surface area contributed by atoms with Gasteiger partial charge in [-0.05, 0) is 29.3 Å². The minimum atomic E-state index is -0.146. The number of nitrogens with one attached hydrogen (secondary N) is 1. The van der Waals surface area contributed by atoms with E-state index in [-0.39, 0.29) is 12.0 Å². The molecular formula is C15H11Cl2N3O. The Kier molecular flexibility index (Phi) is 3.68. The number of fused-ring (bicyclic) bond motifs is 1. The molecule has 0 saturated carbocycles. The number of hydrogen-bond acceptors (Lipinski definition) is 3. The van der Waals surface area contributed by atoms with E-state index in [9.17, 15) is 4.79 Å². The Morgan fingerprint density at radius 2 is 1.90 bits per heavy atom. The van der Waals surface area contributed by atoms with Gasteiger partial charge in [-0.2, -0.15) is 5.10 Å². The first-order valence-corrected chi connectivity index (χ1v) is 7.02. The molecule has 0 aliphatic rings. The summed E-state index contributed by atoms with van der Waals surface area (Å²) in [6.07, 6.45) is 1.25. The van der Waals surface area contributed by atoms with Gasteiger partial charge in [-0.15, -0.1) is 0 Å². The van der Waals surface area contributed by atoms with E-state index in [2.05, 4.69) is 10.2 Å². The number of rotatable bonds is 2. The molecular weight excluding hydrogens is 309 g/mol. The summed E-state index contributed by atoms with van der Waals surface area (Å²) in [7, 11) is 0. The Bertz CT molecular complexity index is 890. The first kappa shape index (κ1) is 14.1. The van der Waals surface area contributed by atoms with Gasteiger partial charge in [0.15, 0.2) is 0 Å². The van der Waals surface area contributed by atoms with Gasteiger partial charge >= 0.3 is 0 Å². The lowest BCUT2D eigenvalue weighted by molar-refractivity contribution is 1.02. The van der Waals surface area contributed by atoms with Crippen LogP contribution in [0, 0.1) is 0 Å². The van der Waals surface area contributed by atoms with Crippen LogP contribution in [0.4, 0.5) is 0 Å². The summed E-state index contributed by atoms with van der Waals surface area (Å²) in [6.45, 7) is 0.257. The number of hydrogen-bond donors (Lipinski definition) is 2. The summed E-state index contributed by atoms with van der Waals surface area (Å²) in [4.78, 5) is 11.8. The molecule has 21 heavy (non-hydrogen) atoms. The van der Waals surface area contributed by atoms with E-state index in [4.69, 9.17) is 28.9 Å². The lowest BCUT2D eigenvalue weighted by atomic mass is 9.97. The van der Waals surface area contributed by atoms with Gasteiger partial charge in [0.1, 0.15) is 0 Å². The number of halogens is 2. The predicted molar refractivity (Wildman–Crippen MR) is 85.7 cm³/mol. The average molecular weight is 320 g/mol. The van der Waals surface area contributed by atoms with Crippen LogP contribution in [0.25, 0.3) is 22.0 Å². The van der Waals surface area contributed by atoms with Gasteiger partial charge in [0, 0.05) is 27.5 Å². The fourth-order valence-corrected chi connectivity index (χ4v) is 2.89. The SMILES string of the molecule is NCc1c(-c2ccc(Cl)cc2Cl)ccc2c(=O)cn[nH]c12. The van der Waals surface area contributed by atoms with Crippen molar-refractivity contribution in [1.29, 1.82) is 0 Å². The fraction of sp³-hybridized carbons (Fsp3) is 0.0667. The van der Waals surface area contributed by atoms with E-state index in [0.29, 0.717) is 20.9 Å². The standard InChI is InChI=1S/C15H11Cl2N3O/c16-8-1-2-10(13(17)5-8)9-3-4-11-14(21)7-19-20-15(11)12(9)6-18/h1-5,7H,6,18H2,(H,20,21). The van der Waals surface area contributed by atoms with Crippen molar-refractivity contribution in [2.24, 2.45) is 5.73 Å². The van der Waals surface area contributed by atoms with Crippen LogP contribution in [0.15, 0.2) is 41.3 Å². The Labute approximate surface area is 130 Å². The third-order valence-corrected chi connectivity index (χ3v) is 3.91. The van der Waals surface area contributed by atoms with Gasteiger partial charge in [-0.3, -0.25) is 9.89 Å². The van der Waals surface area contributed by atoms with Crippen LogP contribution < -0.4 is 11.2 Å². The van der Waals surface area contributed by atoms with Gasteiger partial charge < -0.3 is 5.73 Å². The minimum absolute atomic E-state index is 0.146. The molecule has 106 valence electrons. The minimum Gasteiger partial charge on any atom is -0.326 e. The molecule has 0 spiro atoms. The zero-order valence-electron chi connectivity index (χ0n) is 10.9. The molecule has 0 aliphatic heterocycles. The van der Waals surface area contributed by atoms with Crippen molar-refractivity contribution in [1.82, 2.24) is 10.2 Å². The summed E-state index contributed by atoms with van der Waals surface area (Å²) < 4.78 is 0. The van der Waals surface area contributed by atoms with Crippen LogP contribution >= 0.6 is 23.2 Å². The highest BCUT2D eigenvalue weighted by Crippen LogP contribution is 2.34. The van der Waals surface area contributed by atoms with E-state index in [0.717, 1.165) is 16.7 Å². The monoisotopic (exact) mass is 319 g/mol. The largest absolute Gasteiger partial charge is 0.326 e. The third-order valence-electron chi connectivity index (χ3n) is 3.36. The quantitative estimate of drug-likeness (QED) is 0.760. The number of aromatic nitrogens is 2. The Balaban J connectivity index is 2.35. The number of aromatic amines is 1. The molecule has 0 amide bonds. The average Bonchev–Trinajstić information content (AvgIpc) is 2.46. The maximum atomic E-state index is 11.8. The lowest BCUT2D eigenvalue weighted by Crippen LogP contribution is -2.08. The zero-order chi connectivity index (χ0) is 15.0. The maximum Gasteiger partial charge on any atom is 0.207 e. The van der Waals surface area contributed by atoms with E-state index in [1.165, 1.54) is 6.20 Å². The molecule has 6 heteroatoms. The Morgan fingerprint density at radius 3 is 2.62 bits per heavy atom. The number of nitrogens with zero attached hydrogens (tertiary/aromatic N) is 1. The number of nitrogens with two attached hydrogens (primary N) is 1. The summed E-state index contributed by atoms with van der Waals surface area (Å²) in [6, 6.07) is 8.86. The first-order valence-electron chi connectivity index (χ1n) is 6.26. The molecule has 0 atom stereocenters. The lowest BCUT2D eigenvalue weighted by Gasteiger charge is -2.12. The normalized spacial score (nSPS) is 11.0. The molecule has 0 aliphatic carbocycles. The second-order valence-electron chi connectivity index (χ2n) is 4.58. The van der Waals surface area contributed by atoms with Crippen LogP contribution in [0.5, 0.6) is 0 Å². The van der Waals surface area contributed by atoms with Gasteiger partial charge in [0.2, 0.25) is 5.43 Å². The first-order chi connectivity index (χ1) is 10.1.